The Kier molecular flexibility index (Phi) is 4.75. The zero-order valence-corrected chi connectivity index (χ0v) is 12.8. The zero-order chi connectivity index (χ0) is 15.5. The summed E-state index contributed by atoms with van der Waals surface area (Å²) in [5.41, 5.74) is 2.09. The molecule has 3 nitrogen and oxygen atoms in total. The van der Waals surface area contributed by atoms with Crippen LogP contribution in [0.4, 0.5) is 4.39 Å². The van der Waals surface area contributed by atoms with Crippen LogP contribution < -0.4 is 4.72 Å². The van der Waals surface area contributed by atoms with Crippen LogP contribution in [0, 0.1) is 5.82 Å². The van der Waals surface area contributed by atoms with Crippen LogP contribution in [0.25, 0.3) is 0 Å². The Labute approximate surface area is 124 Å². The molecule has 0 saturated carbocycles. The lowest BCUT2D eigenvalue weighted by molar-refractivity contribution is 0.566. The highest BCUT2D eigenvalue weighted by molar-refractivity contribution is 7.89. The first-order valence-corrected chi connectivity index (χ1v) is 8.27. The lowest BCUT2D eigenvalue weighted by Gasteiger charge is -2.15. The van der Waals surface area contributed by atoms with Crippen LogP contribution in [0.2, 0.25) is 0 Å². The summed E-state index contributed by atoms with van der Waals surface area (Å²) in [4.78, 5) is 0.0564. The second-order valence-electron chi connectivity index (χ2n) is 4.89. The van der Waals surface area contributed by atoms with E-state index in [9.17, 15) is 12.8 Å². The topological polar surface area (TPSA) is 46.2 Å². The Bertz CT molecular complexity index is 694. The second kappa shape index (κ2) is 6.37. The van der Waals surface area contributed by atoms with Crippen LogP contribution in [0.5, 0.6) is 0 Å². The summed E-state index contributed by atoms with van der Waals surface area (Å²) in [5, 5.41) is 0. The standard InChI is InChI=1S/C16H18FNO2S/c1-3-13-4-6-14(7-5-13)12(2)18-21(19,20)16-10-8-15(17)9-11-16/h4-12,18H,3H2,1-2H3/t12-/m1/s1. The van der Waals surface area contributed by atoms with Gasteiger partial charge in [0.1, 0.15) is 5.82 Å². The van der Waals surface area contributed by atoms with Gasteiger partial charge in [-0.15, -0.1) is 0 Å². The van der Waals surface area contributed by atoms with Gasteiger partial charge in [-0.2, -0.15) is 0 Å². The van der Waals surface area contributed by atoms with Crippen molar-refractivity contribution in [1.82, 2.24) is 4.72 Å². The van der Waals surface area contributed by atoms with Gasteiger partial charge in [-0.05, 0) is 48.7 Å². The average Bonchev–Trinajstić information content (AvgIpc) is 2.47. The van der Waals surface area contributed by atoms with Crippen LogP contribution in [-0.4, -0.2) is 8.42 Å². The minimum atomic E-state index is -3.66. The van der Waals surface area contributed by atoms with E-state index in [1.807, 2.05) is 24.3 Å². The summed E-state index contributed by atoms with van der Waals surface area (Å²) in [6.45, 7) is 3.84. The van der Waals surface area contributed by atoms with E-state index in [0.717, 1.165) is 24.1 Å². The Morgan fingerprint density at radius 3 is 2.14 bits per heavy atom. The van der Waals surface area contributed by atoms with E-state index >= 15 is 0 Å². The number of nitrogens with one attached hydrogen (secondary N) is 1. The predicted molar refractivity (Wildman–Crippen MR) is 81.0 cm³/mol. The first-order valence-electron chi connectivity index (χ1n) is 6.79. The summed E-state index contributed by atoms with van der Waals surface area (Å²) in [6, 6.07) is 12.2. The van der Waals surface area contributed by atoms with Crippen molar-refractivity contribution in [2.45, 2.75) is 31.2 Å². The molecular formula is C16H18FNO2S. The molecular weight excluding hydrogens is 289 g/mol. The minimum Gasteiger partial charge on any atom is -0.207 e. The van der Waals surface area contributed by atoms with Gasteiger partial charge in [0.2, 0.25) is 10.0 Å². The fourth-order valence-electron chi connectivity index (χ4n) is 2.02. The fraction of sp³-hybridized carbons (Fsp3) is 0.250. The maximum absolute atomic E-state index is 12.9. The van der Waals surface area contributed by atoms with Crippen molar-refractivity contribution in [2.24, 2.45) is 0 Å². The molecule has 5 heteroatoms. The van der Waals surface area contributed by atoms with Crippen molar-refractivity contribution < 1.29 is 12.8 Å². The Morgan fingerprint density at radius 2 is 1.62 bits per heavy atom. The van der Waals surface area contributed by atoms with Crippen molar-refractivity contribution in [2.75, 3.05) is 0 Å². The van der Waals surface area contributed by atoms with Crippen LogP contribution >= 0.6 is 0 Å². The Hall–Kier alpha value is -1.72. The van der Waals surface area contributed by atoms with Crippen molar-refractivity contribution >= 4 is 10.0 Å². The van der Waals surface area contributed by atoms with E-state index < -0.39 is 15.8 Å². The molecule has 2 aromatic carbocycles. The van der Waals surface area contributed by atoms with Gasteiger partial charge in [0.05, 0.1) is 4.90 Å². The molecule has 0 aliphatic heterocycles. The maximum atomic E-state index is 12.9. The molecule has 0 bridgehead atoms. The summed E-state index contributed by atoms with van der Waals surface area (Å²) in [7, 11) is -3.66. The third-order valence-corrected chi connectivity index (χ3v) is 4.90. The van der Waals surface area contributed by atoms with E-state index in [4.69, 9.17) is 0 Å². The quantitative estimate of drug-likeness (QED) is 0.920. The number of sulfonamides is 1. The molecule has 21 heavy (non-hydrogen) atoms. The van der Waals surface area contributed by atoms with Crippen LogP contribution in [0.15, 0.2) is 53.4 Å². The molecule has 112 valence electrons. The van der Waals surface area contributed by atoms with Gasteiger partial charge in [-0.1, -0.05) is 31.2 Å². The van der Waals surface area contributed by atoms with Crippen LogP contribution in [-0.2, 0) is 16.4 Å². The molecule has 1 atom stereocenters. The van der Waals surface area contributed by atoms with Crippen LogP contribution in [0.1, 0.15) is 31.0 Å². The van der Waals surface area contributed by atoms with Crippen molar-refractivity contribution in [1.29, 1.82) is 0 Å². The highest BCUT2D eigenvalue weighted by Gasteiger charge is 2.18. The summed E-state index contributed by atoms with van der Waals surface area (Å²) in [5.74, 6) is -0.461. The summed E-state index contributed by atoms with van der Waals surface area (Å²) < 4.78 is 39.9. The van der Waals surface area contributed by atoms with E-state index in [1.54, 1.807) is 6.92 Å². The van der Waals surface area contributed by atoms with Crippen LogP contribution in [0.3, 0.4) is 0 Å². The Balaban J connectivity index is 2.17. The third-order valence-electron chi connectivity index (χ3n) is 3.34. The zero-order valence-electron chi connectivity index (χ0n) is 12.0. The lowest BCUT2D eigenvalue weighted by Crippen LogP contribution is -2.26. The second-order valence-corrected chi connectivity index (χ2v) is 6.61. The van der Waals surface area contributed by atoms with E-state index in [1.165, 1.54) is 17.7 Å². The molecule has 0 radical (unpaired) electrons. The maximum Gasteiger partial charge on any atom is 0.241 e. The number of halogens is 1. The molecule has 2 rings (SSSR count). The number of benzene rings is 2. The molecule has 2 aromatic rings. The van der Waals surface area contributed by atoms with Gasteiger partial charge in [0, 0.05) is 6.04 Å². The van der Waals surface area contributed by atoms with Gasteiger partial charge < -0.3 is 0 Å². The number of rotatable bonds is 5. The fourth-order valence-corrected chi connectivity index (χ4v) is 3.26. The monoisotopic (exact) mass is 307 g/mol. The molecule has 0 unspecified atom stereocenters. The highest BCUT2D eigenvalue weighted by atomic mass is 32.2. The van der Waals surface area contributed by atoms with Crippen molar-refractivity contribution in [3.63, 3.8) is 0 Å². The lowest BCUT2D eigenvalue weighted by atomic mass is 10.1. The van der Waals surface area contributed by atoms with Gasteiger partial charge in [-0.25, -0.2) is 17.5 Å². The first-order chi connectivity index (χ1) is 9.92. The smallest absolute Gasteiger partial charge is 0.207 e. The normalized spacial score (nSPS) is 13.1. The summed E-state index contributed by atoms with van der Waals surface area (Å²) >= 11 is 0. The number of hydrogen-bond acceptors (Lipinski definition) is 2. The molecule has 0 aliphatic rings. The molecule has 0 amide bonds. The molecule has 0 spiro atoms. The van der Waals surface area contributed by atoms with Crippen molar-refractivity contribution in [3.05, 3.63) is 65.5 Å². The molecule has 0 fully saturated rings. The van der Waals surface area contributed by atoms with E-state index in [0.29, 0.717) is 0 Å². The number of aryl methyl sites for hydroxylation is 1. The average molecular weight is 307 g/mol. The third kappa shape index (κ3) is 3.89. The molecule has 0 heterocycles. The largest absolute Gasteiger partial charge is 0.241 e. The Morgan fingerprint density at radius 1 is 1.05 bits per heavy atom. The van der Waals surface area contributed by atoms with Crippen molar-refractivity contribution in [3.8, 4) is 0 Å². The predicted octanol–water partition coefficient (Wildman–Crippen LogP) is 3.43. The minimum absolute atomic E-state index is 0.0564. The molecule has 1 N–H and O–H groups in total. The van der Waals surface area contributed by atoms with Gasteiger partial charge >= 0.3 is 0 Å². The van der Waals surface area contributed by atoms with Gasteiger partial charge in [-0.3, -0.25) is 0 Å². The highest BCUT2D eigenvalue weighted by Crippen LogP contribution is 2.18. The first kappa shape index (κ1) is 15.7. The summed E-state index contributed by atoms with van der Waals surface area (Å²) in [6.07, 6.45) is 0.940. The van der Waals surface area contributed by atoms with Gasteiger partial charge in [0.25, 0.3) is 0 Å². The SMILES string of the molecule is CCc1ccc([C@@H](C)NS(=O)(=O)c2ccc(F)cc2)cc1. The van der Waals surface area contributed by atoms with Gasteiger partial charge in [0.15, 0.2) is 0 Å². The molecule has 0 aliphatic carbocycles. The molecule has 0 aromatic heterocycles. The van der Waals surface area contributed by atoms with E-state index in [-0.39, 0.29) is 10.9 Å². The number of hydrogen-bond donors (Lipinski definition) is 1. The molecule has 0 saturated heterocycles. The van der Waals surface area contributed by atoms with E-state index in [2.05, 4.69) is 11.6 Å².